The number of carbonyl (C=O) groups excluding carboxylic acids is 1. The summed E-state index contributed by atoms with van der Waals surface area (Å²) in [4.78, 5) is 11.5. The molecule has 0 aliphatic heterocycles. The predicted molar refractivity (Wildman–Crippen MR) is 50.1 cm³/mol. The summed E-state index contributed by atoms with van der Waals surface area (Å²) in [6, 6.07) is 0. The molecule has 0 saturated heterocycles. The van der Waals surface area contributed by atoms with Gasteiger partial charge in [-0.25, -0.2) is 0 Å². The zero-order valence-corrected chi connectivity index (χ0v) is 8.76. The van der Waals surface area contributed by atoms with Gasteiger partial charge >= 0.3 is 0 Å². The average Bonchev–Trinajstić information content (AvgIpc) is 1.98. The second-order valence-corrected chi connectivity index (χ2v) is 3.68. The largest absolute Gasteiger partial charge is 0.370 e. The zero-order valence-electron chi connectivity index (χ0n) is 8.76. The van der Waals surface area contributed by atoms with E-state index in [0.717, 1.165) is 0 Å². The molecule has 0 heterocycles. The highest BCUT2D eigenvalue weighted by atomic mass is 16.5. The van der Waals surface area contributed by atoms with Crippen LogP contribution in [0.25, 0.3) is 0 Å². The van der Waals surface area contributed by atoms with Gasteiger partial charge in [-0.3, -0.25) is 4.79 Å². The van der Waals surface area contributed by atoms with Gasteiger partial charge in [-0.15, -0.1) is 0 Å². The number of hydrogen-bond donors (Lipinski definition) is 0. The van der Waals surface area contributed by atoms with Gasteiger partial charge in [-0.05, 0) is 12.8 Å². The Hall–Kier alpha value is -0.370. The maximum atomic E-state index is 11.5. The number of ketones is 1. The van der Waals surface area contributed by atoms with Crippen LogP contribution in [0.2, 0.25) is 0 Å². The Morgan fingerprint density at radius 3 is 2.00 bits per heavy atom. The Bertz CT molecular complexity index is 139. The number of Topliss-reactive ketones (excluding diaryl/α,β-unsaturated/α-hetero) is 1. The van der Waals surface area contributed by atoms with Gasteiger partial charge in [0.2, 0.25) is 0 Å². The molecule has 0 aliphatic carbocycles. The van der Waals surface area contributed by atoms with Crippen LogP contribution in [0.4, 0.5) is 0 Å². The molecule has 0 bridgehead atoms. The second-order valence-electron chi connectivity index (χ2n) is 3.68. The van der Waals surface area contributed by atoms with Gasteiger partial charge in [0.25, 0.3) is 0 Å². The fourth-order valence-corrected chi connectivity index (χ4v) is 1.11. The van der Waals surface area contributed by atoms with Crippen LogP contribution < -0.4 is 0 Å². The third-order valence-electron chi connectivity index (χ3n) is 1.80. The zero-order chi connectivity index (χ0) is 9.72. The van der Waals surface area contributed by atoms with Gasteiger partial charge in [0.1, 0.15) is 6.10 Å². The van der Waals surface area contributed by atoms with Crippen molar-refractivity contribution in [2.45, 2.75) is 40.7 Å². The number of rotatable bonds is 5. The van der Waals surface area contributed by atoms with Crippen molar-refractivity contribution in [1.82, 2.24) is 0 Å². The summed E-state index contributed by atoms with van der Waals surface area (Å²) in [5, 5.41) is 0. The summed E-state index contributed by atoms with van der Waals surface area (Å²) < 4.78 is 5.38. The van der Waals surface area contributed by atoms with Gasteiger partial charge in [0.15, 0.2) is 5.78 Å². The van der Waals surface area contributed by atoms with Crippen LogP contribution in [0.5, 0.6) is 0 Å². The molecule has 0 N–H and O–H groups in total. The molecule has 72 valence electrons. The summed E-state index contributed by atoms with van der Waals surface area (Å²) in [5.41, 5.74) is 0. The van der Waals surface area contributed by atoms with Gasteiger partial charge in [-0.1, -0.05) is 27.7 Å². The fourth-order valence-electron chi connectivity index (χ4n) is 1.11. The molecule has 0 rings (SSSR count). The second kappa shape index (κ2) is 5.31. The van der Waals surface area contributed by atoms with E-state index in [1.54, 1.807) is 0 Å². The molecule has 0 aromatic carbocycles. The number of carbonyl (C=O) groups is 1. The van der Waals surface area contributed by atoms with Crippen molar-refractivity contribution >= 4 is 5.78 Å². The highest BCUT2D eigenvalue weighted by molar-refractivity contribution is 5.85. The lowest BCUT2D eigenvalue weighted by Gasteiger charge is -2.21. The van der Waals surface area contributed by atoms with Crippen LogP contribution in [0.1, 0.15) is 34.6 Å². The first kappa shape index (κ1) is 11.6. The minimum Gasteiger partial charge on any atom is -0.370 e. The molecule has 0 radical (unpaired) electrons. The lowest BCUT2D eigenvalue weighted by molar-refractivity contribution is -0.136. The molecule has 12 heavy (non-hydrogen) atoms. The van der Waals surface area contributed by atoms with Crippen LogP contribution in [0.15, 0.2) is 0 Å². The smallest absolute Gasteiger partial charge is 0.164 e. The molecule has 2 nitrogen and oxygen atoms in total. The van der Waals surface area contributed by atoms with Crippen LogP contribution in [0.3, 0.4) is 0 Å². The summed E-state index contributed by atoms with van der Waals surface area (Å²) in [6.45, 7) is 10.4. The minimum atomic E-state index is -0.213. The van der Waals surface area contributed by atoms with Gasteiger partial charge in [-0.2, -0.15) is 0 Å². The van der Waals surface area contributed by atoms with Crippen LogP contribution in [-0.2, 0) is 9.53 Å². The predicted octanol–water partition coefficient (Wildman–Crippen LogP) is 2.27. The third kappa shape index (κ3) is 3.35. The van der Waals surface area contributed by atoms with Gasteiger partial charge < -0.3 is 4.74 Å². The lowest BCUT2D eigenvalue weighted by atomic mass is 9.96. The quantitative estimate of drug-likeness (QED) is 0.636. The van der Waals surface area contributed by atoms with Crippen molar-refractivity contribution in [2.75, 3.05) is 6.61 Å². The Labute approximate surface area is 75.3 Å². The van der Waals surface area contributed by atoms with Crippen molar-refractivity contribution in [3.8, 4) is 0 Å². The standard InChI is InChI=1S/C10H20O2/c1-6-12-10(8(4)5)9(11)7(2)3/h7-8,10H,6H2,1-5H3/t10-/m0/s1. The summed E-state index contributed by atoms with van der Waals surface area (Å²) in [7, 11) is 0. The van der Waals surface area contributed by atoms with E-state index in [9.17, 15) is 4.79 Å². The molecule has 0 saturated carbocycles. The van der Waals surface area contributed by atoms with Crippen molar-refractivity contribution in [2.24, 2.45) is 11.8 Å². The fraction of sp³-hybridized carbons (Fsp3) is 0.900. The van der Waals surface area contributed by atoms with E-state index in [4.69, 9.17) is 4.74 Å². The maximum absolute atomic E-state index is 11.5. The molecule has 2 heteroatoms. The third-order valence-corrected chi connectivity index (χ3v) is 1.80. The first-order valence-corrected chi connectivity index (χ1v) is 4.66. The summed E-state index contributed by atoms with van der Waals surface area (Å²) in [5.74, 6) is 0.565. The van der Waals surface area contributed by atoms with E-state index >= 15 is 0 Å². The molecule has 0 aliphatic rings. The van der Waals surface area contributed by atoms with E-state index in [1.165, 1.54) is 0 Å². The Kier molecular flexibility index (Phi) is 5.14. The van der Waals surface area contributed by atoms with Crippen LogP contribution >= 0.6 is 0 Å². The summed E-state index contributed by atoms with van der Waals surface area (Å²) in [6.07, 6.45) is -0.213. The minimum absolute atomic E-state index is 0.0731. The van der Waals surface area contributed by atoms with Crippen LogP contribution in [0, 0.1) is 11.8 Å². The van der Waals surface area contributed by atoms with E-state index in [-0.39, 0.29) is 23.7 Å². The molecular weight excluding hydrogens is 152 g/mol. The SMILES string of the molecule is CCO[C@H](C(=O)C(C)C)C(C)C. The average molecular weight is 172 g/mol. The Morgan fingerprint density at radius 1 is 1.25 bits per heavy atom. The highest BCUT2D eigenvalue weighted by Gasteiger charge is 2.24. The molecule has 0 fully saturated rings. The molecule has 0 amide bonds. The first-order valence-electron chi connectivity index (χ1n) is 4.66. The van der Waals surface area contributed by atoms with Crippen LogP contribution in [-0.4, -0.2) is 18.5 Å². The molecular formula is C10H20O2. The van der Waals surface area contributed by atoms with Crippen molar-refractivity contribution in [3.63, 3.8) is 0 Å². The van der Waals surface area contributed by atoms with Crippen molar-refractivity contribution < 1.29 is 9.53 Å². The Morgan fingerprint density at radius 2 is 1.75 bits per heavy atom. The first-order chi connectivity index (χ1) is 5.50. The highest BCUT2D eigenvalue weighted by Crippen LogP contribution is 2.12. The lowest BCUT2D eigenvalue weighted by Crippen LogP contribution is -2.32. The molecule has 0 aromatic heterocycles. The summed E-state index contributed by atoms with van der Waals surface area (Å²) >= 11 is 0. The van der Waals surface area contributed by atoms with Gasteiger partial charge in [0.05, 0.1) is 0 Å². The van der Waals surface area contributed by atoms with E-state index in [2.05, 4.69) is 0 Å². The van der Waals surface area contributed by atoms with E-state index in [0.29, 0.717) is 6.61 Å². The topological polar surface area (TPSA) is 26.3 Å². The number of ether oxygens (including phenoxy) is 1. The molecule has 0 aromatic rings. The van der Waals surface area contributed by atoms with E-state index < -0.39 is 0 Å². The number of hydrogen-bond acceptors (Lipinski definition) is 2. The van der Waals surface area contributed by atoms with Gasteiger partial charge in [0, 0.05) is 12.5 Å². The molecule has 0 spiro atoms. The monoisotopic (exact) mass is 172 g/mol. The molecule has 1 atom stereocenters. The Balaban J connectivity index is 4.19. The van der Waals surface area contributed by atoms with Crippen molar-refractivity contribution in [1.29, 1.82) is 0 Å². The van der Waals surface area contributed by atoms with E-state index in [1.807, 2.05) is 34.6 Å². The maximum Gasteiger partial charge on any atom is 0.164 e. The van der Waals surface area contributed by atoms with Crippen molar-refractivity contribution in [3.05, 3.63) is 0 Å². The molecule has 0 unspecified atom stereocenters. The normalized spacial score (nSPS) is 13.9.